The number of benzene rings is 1. The third kappa shape index (κ3) is 2.28. The van der Waals surface area contributed by atoms with E-state index in [1.54, 1.807) is 10.6 Å². The zero-order valence-corrected chi connectivity index (χ0v) is 15.2. The SMILES string of the molecule is CCC(C)(C)C1(N2C(=O)c3c(F)c(F)c(F)c(F)c3C2=O)C(=O)NC(=O)NC1=O. The molecule has 0 radical (unpaired) electrons. The molecule has 0 unspecified atom stereocenters. The highest BCUT2D eigenvalue weighted by molar-refractivity contribution is 6.31. The molecule has 0 saturated carbocycles. The Hall–Kier alpha value is -3.31. The highest BCUT2D eigenvalue weighted by atomic mass is 19.2. The average Bonchev–Trinajstić information content (AvgIpc) is 2.89. The van der Waals surface area contributed by atoms with Crippen molar-refractivity contribution in [3.05, 3.63) is 34.4 Å². The molecular weight excluding hydrogens is 402 g/mol. The van der Waals surface area contributed by atoms with E-state index in [9.17, 15) is 41.5 Å². The summed E-state index contributed by atoms with van der Waals surface area (Å²) in [6.45, 7) is 4.07. The maximum atomic E-state index is 14.2. The molecule has 1 saturated heterocycles. The quantitative estimate of drug-likeness (QED) is 0.255. The first kappa shape index (κ1) is 20.4. The van der Waals surface area contributed by atoms with E-state index in [-0.39, 0.29) is 11.3 Å². The van der Waals surface area contributed by atoms with Crippen molar-refractivity contribution in [3.8, 4) is 0 Å². The van der Waals surface area contributed by atoms with E-state index in [0.29, 0.717) is 0 Å². The van der Waals surface area contributed by atoms with E-state index in [1.807, 2.05) is 0 Å². The summed E-state index contributed by atoms with van der Waals surface area (Å²) in [5.41, 5.74) is -7.24. The summed E-state index contributed by atoms with van der Waals surface area (Å²) in [5.74, 6) is -15.2. The second kappa shape index (κ2) is 6.09. The van der Waals surface area contributed by atoms with Crippen LogP contribution in [0.25, 0.3) is 0 Å². The number of barbiturate groups is 1. The molecule has 1 fully saturated rings. The third-order valence-electron chi connectivity index (χ3n) is 5.41. The number of fused-ring (bicyclic) bond motifs is 1. The van der Waals surface area contributed by atoms with Gasteiger partial charge in [0.15, 0.2) is 23.3 Å². The van der Waals surface area contributed by atoms with Crippen molar-refractivity contribution in [1.82, 2.24) is 15.5 Å². The van der Waals surface area contributed by atoms with Gasteiger partial charge >= 0.3 is 6.03 Å². The Balaban J connectivity index is 2.37. The first-order valence-electron chi connectivity index (χ1n) is 8.26. The Morgan fingerprint density at radius 3 is 1.52 bits per heavy atom. The number of carbonyl (C=O) groups excluding carboxylic acids is 5. The van der Waals surface area contributed by atoms with E-state index in [0.717, 1.165) is 0 Å². The van der Waals surface area contributed by atoms with Gasteiger partial charge in [0.05, 0.1) is 11.1 Å². The van der Waals surface area contributed by atoms with Gasteiger partial charge in [-0.05, 0) is 6.42 Å². The molecule has 0 aromatic heterocycles. The molecule has 0 atom stereocenters. The van der Waals surface area contributed by atoms with Gasteiger partial charge in [-0.1, -0.05) is 20.8 Å². The number of amides is 6. The fraction of sp³-hybridized carbons (Fsp3) is 0.353. The van der Waals surface area contributed by atoms with Crippen LogP contribution in [0, 0.1) is 28.7 Å². The Bertz CT molecular complexity index is 970. The summed E-state index contributed by atoms with van der Waals surface area (Å²) in [4.78, 5) is 62.8. The first-order chi connectivity index (χ1) is 13.3. The molecule has 2 aliphatic rings. The highest BCUT2D eigenvalue weighted by Gasteiger charge is 2.68. The normalized spacial score (nSPS) is 18.7. The molecule has 2 heterocycles. The lowest BCUT2D eigenvalue weighted by Crippen LogP contribution is -2.79. The molecule has 3 rings (SSSR count). The van der Waals surface area contributed by atoms with Crippen molar-refractivity contribution in [3.63, 3.8) is 0 Å². The van der Waals surface area contributed by atoms with Crippen molar-refractivity contribution in [2.75, 3.05) is 0 Å². The molecule has 12 heteroatoms. The topological polar surface area (TPSA) is 113 Å². The van der Waals surface area contributed by atoms with E-state index >= 15 is 0 Å². The standard InChI is InChI=1S/C17H13F4N3O5/c1-4-16(2,3)17(13(27)22-15(29)23-14(17)28)24-11(25)5-6(12(24)26)8(19)10(21)9(20)7(5)18/h4H2,1-3H3,(H2,22,23,27,28,29). The van der Waals surface area contributed by atoms with Crippen LogP contribution in [-0.4, -0.2) is 40.1 Å². The number of hydrogen-bond donors (Lipinski definition) is 2. The van der Waals surface area contributed by atoms with Gasteiger partial charge < -0.3 is 0 Å². The number of halogens is 4. The minimum absolute atomic E-state index is 0.0386. The summed E-state index contributed by atoms with van der Waals surface area (Å²) in [6.07, 6.45) is -0.0386. The van der Waals surface area contributed by atoms with Crippen LogP contribution in [0.5, 0.6) is 0 Å². The van der Waals surface area contributed by atoms with E-state index in [2.05, 4.69) is 0 Å². The van der Waals surface area contributed by atoms with Crippen molar-refractivity contribution in [2.45, 2.75) is 32.7 Å². The molecule has 0 bridgehead atoms. The molecule has 0 spiro atoms. The van der Waals surface area contributed by atoms with Crippen LogP contribution in [0.1, 0.15) is 47.9 Å². The monoisotopic (exact) mass is 415 g/mol. The zero-order valence-electron chi connectivity index (χ0n) is 15.2. The zero-order chi connectivity index (χ0) is 22.0. The lowest BCUT2D eigenvalue weighted by atomic mass is 9.67. The van der Waals surface area contributed by atoms with E-state index in [4.69, 9.17) is 0 Å². The average molecular weight is 415 g/mol. The lowest BCUT2D eigenvalue weighted by Gasteiger charge is -2.48. The minimum Gasteiger partial charge on any atom is -0.275 e. The van der Waals surface area contributed by atoms with Gasteiger partial charge in [0.2, 0.25) is 5.54 Å². The van der Waals surface area contributed by atoms with Gasteiger partial charge in [0.25, 0.3) is 23.6 Å². The maximum absolute atomic E-state index is 14.2. The number of carbonyl (C=O) groups is 5. The van der Waals surface area contributed by atoms with Gasteiger partial charge in [-0.3, -0.25) is 29.8 Å². The van der Waals surface area contributed by atoms with Gasteiger partial charge in [-0.15, -0.1) is 0 Å². The van der Waals surface area contributed by atoms with Crippen molar-refractivity contribution < 1.29 is 41.5 Å². The predicted molar refractivity (Wildman–Crippen MR) is 85.3 cm³/mol. The smallest absolute Gasteiger partial charge is 0.275 e. The van der Waals surface area contributed by atoms with E-state index in [1.165, 1.54) is 20.8 Å². The molecular formula is C17H13F4N3O5. The van der Waals surface area contributed by atoms with Gasteiger partial charge in [-0.2, -0.15) is 0 Å². The largest absolute Gasteiger partial charge is 0.328 e. The fourth-order valence-corrected chi connectivity index (χ4v) is 3.55. The molecule has 6 amide bonds. The van der Waals surface area contributed by atoms with Gasteiger partial charge in [0.1, 0.15) is 0 Å². The molecule has 154 valence electrons. The van der Waals surface area contributed by atoms with Crippen LogP contribution in [-0.2, 0) is 9.59 Å². The third-order valence-corrected chi connectivity index (χ3v) is 5.41. The molecule has 0 aliphatic carbocycles. The lowest BCUT2D eigenvalue weighted by molar-refractivity contribution is -0.152. The summed E-state index contributed by atoms with van der Waals surface area (Å²) in [7, 11) is 0. The number of rotatable bonds is 3. The summed E-state index contributed by atoms with van der Waals surface area (Å²) < 4.78 is 55.7. The Labute approximate surface area is 160 Å². The predicted octanol–water partition coefficient (Wildman–Crippen LogP) is 1.38. The van der Waals surface area contributed by atoms with Crippen LogP contribution in [0.4, 0.5) is 22.4 Å². The second-order valence-corrected chi connectivity index (χ2v) is 7.14. The van der Waals surface area contributed by atoms with Crippen LogP contribution in [0.2, 0.25) is 0 Å². The number of nitrogens with one attached hydrogen (secondary N) is 2. The van der Waals surface area contributed by atoms with Crippen LogP contribution in [0.3, 0.4) is 0 Å². The number of hydrogen-bond acceptors (Lipinski definition) is 5. The molecule has 1 aromatic rings. The molecule has 1 aromatic carbocycles. The minimum atomic E-state index is -2.77. The number of imide groups is 3. The van der Waals surface area contributed by atoms with Crippen molar-refractivity contribution in [2.24, 2.45) is 5.41 Å². The fourth-order valence-electron chi connectivity index (χ4n) is 3.55. The van der Waals surface area contributed by atoms with Gasteiger partial charge in [-0.25, -0.2) is 27.3 Å². The number of nitrogens with zero attached hydrogens (tertiary/aromatic N) is 1. The molecule has 2 N–H and O–H groups in total. The molecule has 2 aliphatic heterocycles. The summed E-state index contributed by atoms with van der Waals surface area (Å²) >= 11 is 0. The van der Waals surface area contributed by atoms with Crippen LogP contribution in [0.15, 0.2) is 0 Å². The van der Waals surface area contributed by atoms with Crippen LogP contribution < -0.4 is 10.6 Å². The number of urea groups is 1. The van der Waals surface area contributed by atoms with Crippen LogP contribution >= 0.6 is 0 Å². The molecule has 29 heavy (non-hydrogen) atoms. The molecule has 8 nitrogen and oxygen atoms in total. The van der Waals surface area contributed by atoms with Gasteiger partial charge in [0, 0.05) is 5.41 Å². The maximum Gasteiger partial charge on any atom is 0.328 e. The Kier molecular flexibility index (Phi) is 4.29. The van der Waals surface area contributed by atoms with Crippen molar-refractivity contribution in [1.29, 1.82) is 0 Å². The second-order valence-electron chi connectivity index (χ2n) is 7.14. The first-order valence-corrected chi connectivity index (χ1v) is 8.26. The van der Waals surface area contributed by atoms with E-state index < -0.39 is 75.0 Å². The Morgan fingerprint density at radius 2 is 1.17 bits per heavy atom. The highest BCUT2D eigenvalue weighted by Crippen LogP contribution is 2.45. The van der Waals surface area contributed by atoms with Crippen molar-refractivity contribution >= 4 is 29.7 Å². The summed E-state index contributed by atoms with van der Waals surface area (Å²) in [6, 6.07) is -1.24. The Morgan fingerprint density at radius 1 is 0.793 bits per heavy atom. The summed E-state index contributed by atoms with van der Waals surface area (Å²) in [5, 5.41) is 3.49.